The van der Waals surface area contributed by atoms with Crippen LogP contribution in [0.1, 0.15) is 57.4 Å². The second kappa shape index (κ2) is 6.40. The minimum absolute atomic E-state index is 0.429. The molecule has 1 aromatic rings. The largest absolute Gasteiger partial charge is 0.307 e. The zero-order chi connectivity index (χ0) is 13.1. The molecule has 1 aliphatic carbocycles. The summed E-state index contributed by atoms with van der Waals surface area (Å²) in [5.74, 6) is 1.72. The fourth-order valence-corrected chi connectivity index (χ4v) is 4.05. The molecule has 102 valence electrons. The van der Waals surface area contributed by atoms with Gasteiger partial charge in [-0.25, -0.2) is 0 Å². The summed E-state index contributed by atoms with van der Waals surface area (Å²) >= 11 is 7.70. The summed E-state index contributed by atoms with van der Waals surface area (Å²) in [6, 6.07) is 5.26. The maximum absolute atomic E-state index is 6.00. The molecule has 0 saturated heterocycles. The third kappa shape index (κ3) is 3.72. The fraction of sp³-hybridized carbons (Fsp3) is 0.733. The molecule has 3 unspecified atom stereocenters. The lowest BCUT2D eigenvalue weighted by atomic mass is 9.79. The monoisotopic (exact) mass is 285 g/mol. The molecule has 0 spiro atoms. The zero-order valence-electron chi connectivity index (χ0n) is 11.6. The lowest BCUT2D eigenvalue weighted by Crippen LogP contribution is -2.36. The lowest BCUT2D eigenvalue weighted by Gasteiger charge is -2.33. The van der Waals surface area contributed by atoms with E-state index in [0.717, 1.165) is 16.2 Å². The molecule has 0 aliphatic heterocycles. The Morgan fingerprint density at radius 2 is 2.06 bits per heavy atom. The van der Waals surface area contributed by atoms with E-state index in [1.54, 1.807) is 11.3 Å². The van der Waals surface area contributed by atoms with Crippen molar-refractivity contribution in [2.75, 3.05) is 0 Å². The topological polar surface area (TPSA) is 12.0 Å². The van der Waals surface area contributed by atoms with Crippen molar-refractivity contribution in [1.82, 2.24) is 5.32 Å². The van der Waals surface area contributed by atoms with E-state index in [4.69, 9.17) is 11.6 Å². The quantitative estimate of drug-likeness (QED) is 0.795. The summed E-state index contributed by atoms with van der Waals surface area (Å²) < 4.78 is 0.891. The molecular weight excluding hydrogens is 262 g/mol. The van der Waals surface area contributed by atoms with Crippen LogP contribution in [-0.4, -0.2) is 6.04 Å². The Hall–Kier alpha value is -0.0500. The van der Waals surface area contributed by atoms with Gasteiger partial charge in [-0.15, -0.1) is 11.3 Å². The van der Waals surface area contributed by atoms with Gasteiger partial charge < -0.3 is 5.32 Å². The van der Waals surface area contributed by atoms with Crippen LogP contribution in [0, 0.1) is 11.8 Å². The van der Waals surface area contributed by atoms with Crippen LogP contribution in [-0.2, 0) is 0 Å². The van der Waals surface area contributed by atoms with Crippen molar-refractivity contribution in [3.63, 3.8) is 0 Å². The number of hydrogen-bond donors (Lipinski definition) is 1. The summed E-state index contributed by atoms with van der Waals surface area (Å²) in [6.45, 7) is 6.96. The summed E-state index contributed by atoms with van der Waals surface area (Å²) in [5, 5.41) is 3.79. The number of rotatable bonds is 4. The SMILES string of the molecule is CC(NC1CCCC(C(C)C)C1)c1ccc(Cl)s1. The van der Waals surface area contributed by atoms with Gasteiger partial charge in [0, 0.05) is 17.0 Å². The Bertz CT molecular complexity index is 374. The summed E-state index contributed by atoms with van der Waals surface area (Å²) in [5.41, 5.74) is 0. The first kappa shape index (κ1) is 14.4. The van der Waals surface area contributed by atoms with Gasteiger partial charge in [-0.2, -0.15) is 0 Å². The molecule has 1 heterocycles. The van der Waals surface area contributed by atoms with Crippen molar-refractivity contribution < 1.29 is 0 Å². The van der Waals surface area contributed by atoms with Crippen LogP contribution in [0.4, 0.5) is 0 Å². The summed E-state index contributed by atoms with van der Waals surface area (Å²) in [4.78, 5) is 1.35. The number of hydrogen-bond acceptors (Lipinski definition) is 2. The Kier molecular flexibility index (Phi) is 5.11. The van der Waals surface area contributed by atoms with Crippen LogP contribution in [0.2, 0.25) is 4.34 Å². The van der Waals surface area contributed by atoms with Gasteiger partial charge in [0.25, 0.3) is 0 Å². The average molecular weight is 286 g/mol. The predicted molar refractivity (Wildman–Crippen MR) is 81.5 cm³/mol. The van der Waals surface area contributed by atoms with Crippen LogP contribution in [0.15, 0.2) is 12.1 Å². The molecule has 0 amide bonds. The van der Waals surface area contributed by atoms with Crippen molar-refractivity contribution in [3.05, 3.63) is 21.3 Å². The molecule has 1 N–H and O–H groups in total. The molecular formula is C15H24ClNS. The standard InChI is InChI=1S/C15H24ClNS/c1-10(2)12-5-4-6-13(9-12)17-11(3)14-7-8-15(16)18-14/h7-8,10-13,17H,4-6,9H2,1-3H3. The maximum Gasteiger partial charge on any atom is 0.0931 e. The highest BCUT2D eigenvalue weighted by Gasteiger charge is 2.25. The Balaban J connectivity index is 1.89. The van der Waals surface area contributed by atoms with Crippen LogP contribution in [0.3, 0.4) is 0 Å². The first-order chi connectivity index (χ1) is 8.56. The molecule has 0 bridgehead atoms. The van der Waals surface area contributed by atoms with Crippen LogP contribution in [0.5, 0.6) is 0 Å². The molecule has 1 aromatic heterocycles. The van der Waals surface area contributed by atoms with Crippen LogP contribution >= 0.6 is 22.9 Å². The third-order valence-electron chi connectivity index (χ3n) is 4.16. The fourth-order valence-electron chi connectivity index (χ4n) is 2.98. The first-order valence-electron chi connectivity index (χ1n) is 7.07. The van der Waals surface area contributed by atoms with Crippen molar-refractivity contribution in [2.45, 2.75) is 58.5 Å². The van der Waals surface area contributed by atoms with E-state index in [2.05, 4.69) is 32.2 Å². The van der Waals surface area contributed by atoms with E-state index in [0.29, 0.717) is 12.1 Å². The number of halogens is 1. The normalized spacial score (nSPS) is 26.5. The zero-order valence-corrected chi connectivity index (χ0v) is 13.2. The predicted octanol–water partition coefficient (Wildman–Crippen LogP) is 5.27. The van der Waals surface area contributed by atoms with Crippen molar-refractivity contribution >= 4 is 22.9 Å². The molecule has 2 rings (SSSR count). The molecule has 0 aromatic carbocycles. The third-order valence-corrected chi connectivity index (χ3v) is 5.58. The van der Waals surface area contributed by atoms with Gasteiger partial charge in [-0.3, -0.25) is 0 Å². The van der Waals surface area contributed by atoms with Crippen molar-refractivity contribution in [3.8, 4) is 0 Å². The van der Waals surface area contributed by atoms with Crippen LogP contribution in [0.25, 0.3) is 0 Å². The smallest absolute Gasteiger partial charge is 0.0931 e. The van der Waals surface area contributed by atoms with E-state index in [9.17, 15) is 0 Å². The molecule has 1 nitrogen and oxygen atoms in total. The van der Waals surface area contributed by atoms with Gasteiger partial charge in [-0.1, -0.05) is 38.3 Å². The summed E-state index contributed by atoms with van der Waals surface area (Å²) in [6.07, 6.45) is 5.45. The lowest BCUT2D eigenvalue weighted by molar-refractivity contribution is 0.223. The number of thiophene rings is 1. The number of nitrogens with one attached hydrogen (secondary N) is 1. The van der Waals surface area contributed by atoms with E-state index >= 15 is 0 Å². The van der Waals surface area contributed by atoms with Gasteiger partial charge >= 0.3 is 0 Å². The van der Waals surface area contributed by atoms with Crippen molar-refractivity contribution in [1.29, 1.82) is 0 Å². The minimum atomic E-state index is 0.429. The molecule has 1 saturated carbocycles. The first-order valence-corrected chi connectivity index (χ1v) is 8.27. The van der Waals surface area contributed by atoms with Gasteiger partial charge in [0.1, 0.15) is 0 Å². The molecule has 3 atom stereocenters. The van der Waals surface area contributed by atoms with Gasteiger partial charge in [-0.05, 0) is 43.7 Å². The molecule has 1 aliphatic rings. The molecule has 3 heteroatoms. The van der Waals surface area contributed by atoms with Gasteiger partial charge in [0.05, 0.1) is 4.34 Å². The second-order valence-corrected chi connectivity index (χ2v) is 7.64. The highest BCUT2D eigenvalue weighted by molar-refractivity contribution is 7.16. The highest BCUT2D eigenvalue weighted by Crippen LogP contribution is 2.32. The highest BCUT2D eigenvalue weighted by atomic mass is 35.5. The van der Waals surface area contributed by atoms with E-state index in [-0.39, 0.29) is 0 Å². The van der Waals surface area contributed by atoms with Gasteiger partial charge in [0.15, 0.2) is 0 Å². The maximum atomic E-state index is 6.00. The van der Waals surface area contributed by atoms with Crippen LogP contribution < -0.4 is 5.32 Å². The Morgan fingerprint density at radius 1 is 1.28 bits per heavy atom. The Labute approximate surface area is 120 Å². The molecule has 1 fully saturated rings. The summed E-state index contributed by atoms with van der Waals surface area (Å²) in [7, 11) is 0. The Morgan fingerprint density at radius 3 is 2.67 bits per heavy atom. The minimum Gasteiger partial charge on any atom is -0.307 e. The average Bonchev–Trinajstić information content (AvgIpc) is 2.76. The van der Waals surface area contributed by atoms with E-state index < -0.39 is 0 Å². The van der Waals surface area contributed by atoms with E-state index in [1.807, 2.05) is 6.07 Å². The molecule has 0 radical (unpaired) electrons. The van der Waals surface area contributed by atoms with E-state index in [1.165, 1.54) is 30.6 Å². The van der Waals surface area contributed by atoms with Crippen molar-refractivity contribution in [2.24, 2.45) is 11.8 Å². The second-order valence-electron chi connectivity index (χ2n) is 5.90. The van der Waals surface area contributed by atoms with Gasteiger partial charge in [0.2, 0.25) is 0 Å². The molecule has 18 heavy (non-hydrogen) atoms.